The van der Waals surface area contributed by atoms with Crippen LogP contribution in [0.15, 0.2) is 78.9 Å². The van der Waals surface area contributed by atoms with Crippen LogP contribution in [0.1, 0.15) is 28.1 Å². The number of para-hydroxylation sites is 2. The number of fused-ring (bicyclic) bond motifs is 2. The first-order chi connectivity index (χ1) is 15.1. The van der Waals surface area contributed by atoms with Gasteiger partial charge in [0, 0.05) is 6.54 Å². The highest BCUT2D eigenvalue weighted by atomic mass is 16.5. The topological polar surface area (TPSA) is 27.1 Å². The quantitative estimate of drug-likeness (QED) is 0.323. The van der Waals surface area contributed by atoms with Crippen molar-refractivity contribution in [3.63, 3.8) is 0 Å². The van der Waals surface area contributed by atoms with Gasteiger partial charge >= 0.3 is 0 Å². The standard InChI is InChI=1S/C28H26N2O/c1-19-14-20(2)25(21(3)15-19)17-30-27-11-7-6-10-26(27)29-28(30)18-31-24-13-12-22-8-4-5-9-23(22)16-24/h4-16H,17-18H2,1-3H3. The summed E-state index contributed by atoms with van der Waals surface area (Å²) in [6, 6.07) is 27.4. The van der Waals surface area contributed by atoms with Crippen LogP contribution < -0.4 is 4.74 Å². The van der Waals surface area contributed by atoms with Crippen LogP contribution in [0, 0.1) is 20.8 Å². The largest absolute Gasteiger partial charge is 0.486 e. The van der Waals surface area contributed by atoms with E-state index in [-0.39, 0.29) is 0 Å². The average molecular weight is 407 g/mol. The molecule has 31 heavy (non-hydrogen) atoms. The van der Waals surface area contributed by atoms with E-state index in [4.69, 9.17) is 9.72 Å². The first kappa shape index (κ1) is 19.4. The van der Waals surface area contributed by atoms with Crippen LogP contribution in [0.5, 0.6) is 5.75 Å². The minimum absolute atomic E-state index is 0.428. The molecule has 0 aliphatic carbocycles. The van der Waals surface area contributed by atoms with Crippen LogP contribution in [0.2, 0.25) is 0 Å². The first-order valence-corrected chi connectivity index (χ1v) is 10.7. The summed E-state index contributed by atoms with van der Waals surface area (Å²) in [7, 11) is 0. The van der Waals surface area contributed by atoms with Crippen molar-refractivity contribution < 1.29 is 4.74 Å². The number of ether oxygens (including phenoxy) is 1. The molecule has 0 radical (unpaired) electrons. The van der Waals surface area contributed by atoms with Gasteiger partial charge in [-0.2, -0.15) is 0 Å². The minimum atomic E-state index is 0.428. The third-order valence-corrected chi connectivity index (χ3v) is 5.98. The molecule has 0 aliphatic rings. The van der Waals surface area contributed by atoms with Crippen molar-refractivity contribution >= 4 is 21.8 Å². The molecule has 5 rings (SSSR count). The monoisotopic (exact) mass is 406 g/mol. The van der Waals surface area contributed by atoms with E-state index in [0.717, 1.165) is 29.2 Å². The molecule has 0 fully saturated rings. The lowest BCUT2D eigenvalue weighted by atomic mass is 10.00. The van der Waals surface area contributed by atoms with Gasteiger partial charge in [-0.15, -0.1) is 0 Å². The highest BCUT2D eigenvalue weighted by Gasteiger charge is 2.14. The van der Waals surface area contributed by atoms with E-state index < -0.39 is 0 Å². The summed E-state index contributed by atoms with van der Waals surface area (Å²) in [4.78, 5) is 4.90. The molecule has 1 heterocycles. The van der Waals surface area contributed by atoms with Gasteiger partial charge in [0.1, 0.15) is 18.2 Å². The van der Waals surface area contributed by atoms with E-state index in [0.29, 0.717) is 6.61 Å². The van der Waals surface area contributed by atoms with E-state index in [2.05, 4.69) is 92.1 Å². The molecule has 0 bridgehead atoms. The number of hydrogen-bond donors (Lipinski definition) is 0. The van der Waals surface area contributed by atoms with Crippen molar-refractivity contribution in [1.82, 2.24) is 9.55 Å². The van der Waals surface area contributed by atoms with Gasteiger partial charge in [0.15, 0.2) is 0 Å². The predicted molar refractivity (Wildman–Crippen MR) is 128 cm³/mol. The minimum Gasteiger partial charge on any atom is -0.486 e. The first-order valence-electron chi connectivity index (χ1n) is 10.7. The molecule has 5 aromatic rings. The second-order valence-corrected chi connectivity index (χ2v) is 8.28. The Morgan fingerprint density at radius 1 is 0.774 bits per heavy atom. The Morgan fingerprint density at radius 2 is 1.48 bits per heavy atom. The number of hydrogen-bond acceptors (Lipinski definition) is 2. The molecule has 4 aromatic carbocycles. The fraction of sp³-hybridized carbons (Fsp3) is 0.179. The van der Waals surface area contributed by atoms with Crippen molar-refractivity contribution in [3.8, 4) is 5.75 Å². The predicted octanol–water partition coefficient (Wildman–Crippen LogP) is 6.74. The van der Waals surface area contributed by atoms with Gasteiger partial charge in [-0.1, -0.05) is 60.2 Å². The van der Waals surface area contributed by atoms with Crippen molar-refractivity contribution in [2.45, 2.75) is 33.9 Å². The zero-order valence-electron chi connectivity index (χ0n) is 18.2. The number of imidazole rings is 1. The fourth-order valence-electron chi connectivity index (χ4n) is 4.43. The molecule has 0 spiro atoms. The summed E-state index contributed by atoms with van der Waals surface area (Å²) in [6.07, 6.45) is 0. The SMILES string of the molecule is Cc1cc(C)c(Cn2c(COc3ccc4ccccc4c3)nc3ccccc32)c(C)c1. The highest BCUT2D eigenvalue weighted by Crippen LogP contribution is 2.25. The van der Waals surface area contributed by atoms with Gasteiger partial charge in [0.2, 0.25) is 0 Å². The zero-order chi connectivity index (χ0) is 21.4. The maximum Gasteiger partial charge on any atom is 0.148 e. The molecule has 0 aliphatic heterocycles. The lowest BCUT2D eigenvalue weighted by Crippen LogP contribution is -2.10. The van der Waals surface area contributed by atoms with Gasteiger partial charge in [0.25, 0.3) is 0 Å². The van der Waals surface area contributed by atoms with Gasteiger partial charge in [-0.25, -0.2) is 4.98 Å². The molecule has 1 aromatic heterocycles. The van der Waals surface area contributed by atoms with Gasteiger partial charge in [0.05, 0.1) is 11.0 Å². The summed E-state index contributed by atoms with van der Waals surface area (Å²) in [5.74, 6) is 1.80. The fourth-order valence-corrected chi connectivity index (χ4v) is 4.43. The Hall–Kier alpha value is -3.59. The van der Waals surface area contributed by atoms with Crippen LogP contribution in [0.25, 0.3) is 21.8 Å². The van der Waals surface area contributed by atoms with Crippen molar-refractivity contribution in [2.24, 2.45) is 0 Å². The Balaban J connectivity index is 1.50. The molecule has 0 saturated heterocycles. The van der Waals surface area contributed by atoms with E-state index in [1.807, 2.05) is 12.1 Å². The summed E-state index contributed by atoms with van der Waals surface area (Å²) in [5.41, 5.74) is 7.42. The molecule has 0 unspecified atom stereocenters. The summed E-state index contributed by atoms with van der Waals surface area (Å²) in [6.45, 7) is 7.75. The van der Waals surface area contributed by atoms with Crippen molar-refractivity contribution in [2.75, 3.05) is 0 Å². The molecular weight excluding hydrogens is 380 g/mol. The zero-order valence-corrected chi connectivity index (χ0v) is 18.2. The van der Waals surface area contributed by atoms with E-state index in [9.17, 15) is 0 Å². The van der Waals surface area contributed by atoms with Crippen LogP contribution in [-0.2, 0) is 13.2 Å². The van der Waals surface area contributed by atoms with Crippen molar-refractivity contribution in [3.05, 3.63) is 107 Å². The normalized spacial score (nSPS) is 11.3. The lowest BCUT2D eigenvalue weighted by molar-refractivity contribution is 0.291. The molecule has 3 nitrogen and oxygen atoms in total. The third-order valence-electron chi connectivity index (χ3n) is 5.98. The van der Waals surface area contributed by atoms with Crippen LogP contribution >= 0.6 is 0 Å². The Labute approximate surface area is 182 Å². The van der Waals surface area contributed by atoms with Crippen LogP contribution in [0.4, 0.5) is 0 Å². The summed E-state index contributed by atoms with van der Waals surface area (Å²) in [5, 5.41) is 2.40. The number of nitrogens with zero attached hydrogens (tertiary/aromatic N) is 2. The smallest absolute Gasteiger partial charge is 0.148 e. The number of aryl methyl sites for hydroxylation is 3. The van der Waals surface area contributed by atoms with E-state index >= 15 is 0 Å². The lowest BCUT2D eigenvalue weighted by Gasteiger charge is -2.15. The van der Waals surface area contributed by atoms with Crippen LogP contribution in [0.3, 0.4) is 0 Å². The Morgan fingerprint density at radius 3 is 2.29 bits per heavy atom. The van der Waals surface area contributed by atoms with Gasteiger partial charge < -0.3 is 9.30 Å². The van der Waals surface area contributed by atoms with Crippen LogP contribution in [-0.4, -0.2) is 9.55 Å². The number of benzene rings is 4. The molecular formula is C28H26N2O. The van der Waals surface area contributed by atoms with Gasteiger partial charge in [-0.3, -0.25) is 0 Å². The summed E-state index contributed by atoms with van der Waals surface area (Å²) < 4.78 is 8.50. The van der Waals surface area contributed by atoms with Crippen molar-refractivity contribution in [1.29, 1.82) is 0 Å². The number of rotatable bonds is 5. The molecule has 0 amide bonds. The third kappa shape index (κ3) is 3.79. The maximum atomic E-state index is 6.20. The maximum absolute atomic E-state index is 6.20. The second-order valence-electron chi connectivity index (χ2n) is 8.28. The molecule has 154 valence electrons. The number of aromatic nitrogens is 2. The summed E-state index contributed by atoms with van der Waals surface area (Å²) >= 11 is 0. The van der Waals surface area contributed by atoms with Gasteiger partial charge in [-0.05, 0) is 72.5 Å². The second kappa shape index (κ2) is 7.92. The van der Waals surface area contributed by atoms with E-state index in [1.54, 1.807) is 0 Å². The highest BCUT2D eigenvalue weighted by molar-refractivity contribution is 5.83. The average Bonchev–Trinajstić information content (AvgIpc) is 3.12. The Bertz CT molecular complexity index is 1370. The molecule has 0 atom stereocenters. The molecule has 3 heteroatoms. The molecule has 0 N–H and O–H groups in total. The Kier molecular flexibility index (Phi) is 4.95. The van der Waals surface area contributed by atoms with E-state index in [1.165, 1.54) is 33.0 Å². The molecule has 0 saturated carbocycles.